The fourth-order valence-corrected chi connectivity index (χ4v) is 5.16. The Morgan fingerprint density at radius 3 is 2.69 bits per heavy atom. The van der Waals surface area contributed by atoms with E-state index in [2.05, 4.69) is 26.8 Å². The molecule has 1 atom stereocenters. The third kappa shape index (κ3) is 4.61. The fraction of sp³-hybridized carbons (Fsp3) is 0.346. The second kappa shape index (κ2) is 9.67. The number of thiophene rings is 1. The number of carbonyl (C=O) groups excluding carboxylic acids is 1. The van der Waals surface area contributed by atoms with Crippen molar-refractivity contribution in [2.24, 2.45) is 0 Å². The Bertz CT molecular complexity index is 1350. The van der Waals surface area contributed by atoms with Crippen LogP contribution in [0.4, 0.5) is 0 Å². The average molecular weight is 492 g/mol. The van der Waals surface area contributed by atoms with Crippen LogP contribution in [0.5, 0.6) is 11.5 Å². The van der Waals surface area contributed by atoms with Gasteiger partial charge in [0.05, 0.1) is 28.9 Å². The molecule has 9 heteroatoms. The first kappa shape index (κ1) is 23.3. The molecule has 0 spiro atoms. The van der Waals surface area contributed by atoms with Gasteiger partial charge in [-0.2, -0.15) is 5.10 Å². The van der Waals surface area contributed by atoms with E-state index in [-0.39, 0.29) is 18.0 Å². The van der Waals surface area contributed by atoms with E-state index in [0.29, 0.717) is 42.4 Å². The largest absolute Gasteiger partial charge is 0.486 e. The quantitative estimate of drug-likeness (QED) is 0.409. The number of nitrogens with one attached hydrogen (secondary N) is 1. The monoisotopic (exact) mass is 491 g/mol. The van der Waals surface area contributed by atoms with Crippen molar-refractivity contribution in [3.8, 4) is 22.8 Å². The molecule has 0 radical (unpaired) electrons. The van der Waals surface area contributed by atoms with Crippen LogP contribution in [0.2, 0.25) is 0 Å². The van der Waals surface area contributed by atoms with Crippen molar-refractivity contribution >= 4 is 28.3 Å². The summed E-state index contributed by atoms with van der Waals surface area (Å²) in [5, 5.41) is 10.5. The highest BCUT2D eigenvalue weighted by Gasteiger charge is 2.22. The average Bonchev–Trinajstić information content (AvgIpc) is 3.53. The van der Waals surface area contributed by atoms with Crippen LogP contribution >= 0.6 is 11.3 Å². The Balaban J connectivity index is 1.52. The van der Waals surface area contributed by atoms with Crippen LogP contribution in [0, 0.1) is 0 Å². The number of ether oxygens (including phenoxy) is 2. The number of hydrogen-bond acceptors (Lipinski definition) is 7. The number of amides is 1. The lowest BCUT2D eigenvalue weighted by molar-refractivity contribution is 0.0944. The zero-order valence-electron chi connectivity index (χ0n) is 20.3. The third-order valence-electron chi connectivity index (χ3n) is 6.09. The van der Waals surface area contributed by atoms with Crippen LogP contribution in [-0.2, 0) is 0 Å². The Morgan fingerprint density at radius 1 is 1.17 bits per heavy atom. The van der Waals surface area contributed by atoms with Crippen molar-refractivity contribution in [3.63, 3.8) is 0 Å². The van der Waals surface area contributed by atoms with Gasteiger partial charge in [-0.15, -0.1) is 11.3 Å². The molecule has 1 unspecified atom stereocenters. The van der Waals surface area contributed by atoms with Crippen LogP contribution in [0.1, 0.15) is 41.2 Å². The van der Waals surface area contributed by atoms with Gasteiger partial charge in [-0.3, -0.25) is 4.79 Å². The Morgan fingerprint density at radius 2 is 1.97 bits per heavy atom. The lowest BCUT2D eigenvalue weighted by Gasteiger charge is -2.23. The van der Waals surface area contributed by atoms with E-state index in [4.69, 9.17) is 14.5 Å². The van der Waals surface area contributed by atoms with Gasteiger partial charge in [0.15, 0.2) is 17.1 Å². The second-order valence-electron chi connectivity index (χ2n) is 9.04. The highest BCUT2D eigenvalue weighted by atomic mass is 32.1. The van der Waals surface area contributed by atoms with Gasteiger partial charge < -0.3 is 19.7 Å². The van der Waals surface area contributed by atoms with E-state index in [1.807, 2.05) is 63.0 Å². The van der Waals surface area contributed by atoms with E-state index in [1.165, 1.54) is 4.88 Å². The third-order valence-corrected chi connectivity index (χ3v) is 7.06. The molecule has 0 saturated heterocycles. The summed E-state index contributed by atoms with van der Waals surface area (Å²) >= 11 is 1.69. The van der Waals surface area contributed by atoms with E-state index >= 15 is 0 Å². The number of pyridine rings is 1. The van der Waals surface area contributed by atoms with Gasteiger partial charge in [-0.05, 0) is 63.7 Å². The summed E-state index contributed by atoms with van der Waals surface area (Å²) in [4.78, 5) is 21.7. The number of nitrogens with zero attached hydrogens (tertiary/aromatic N) is 4. The molecule has 8 nitrogen and oxygen atoms in total. The van der Waals surface area contributed by atoms with E-state index in [0.717, 1.165) is 16.7 Å². The van der Waals surface area contributed by atoms with Gasteiger partial charge in [0.25, 0.3) is 5.91 Å². The molecule has 35 heavy (non-hydrogen) atoms. The normalized spacial score (nSPS) is 14.0. The van der Waals surface area contributed by atoms with Crippen molar-refractivity contribution in [2.75, 3.05) is 33.9 Å². The Hall–Kier alpha value is -3.43. The molecule has 1 amide bonds. The number of hydrogen-bond donors (Lipinski definition) is 1. The first-order chi connectivity index (χ1) is 16.9. The molecule has 1 aliphatic heterocycles. The van der Waals surface area contributed by atoms with Crippen molar-refractivity contribution in [3.05, 3.63) is 58.4 Å². The molecule has 4 aromatic rings. The number of rotatable bonds is 7. The van der Waals surface area contributed by atoms with Crippen LogP contribution in [0.25, 0.3) is 22.3 Å². The van der Waals surface area contributed by atoms with E-state index in [9.17, 15) is 4.79 Å². The Labute approximate surface area is 208 Å². The van der Waals surface area contributed by atoms with Crippen molar-refractivity contribution in [1.29, 1.82) is 0 Å². The lowest BCUT2D eigenvalue weighted by atomic mass is 10.1. The summed E-state index contributed by atoms with van der Waals surface area (Å²) in [7, 11) is 4.04. The number of carbonyl (C=O) groups is 1. The molecular weight excluding hydrogens is 462 g/mol. The topological polar surface area (TPSA) is 81.5 Å². The van der Waals surface area contributed by atoms with Crippen LogP contribution in [0.3, 0.4) is 0 Å². The predicted octanol–water partition coefficient (Wildman–Crippen LogP) is 4.54. The first-order valence-corrected chi connectivity index (χ1v) is 12.6. The van der Waals surface area contributed by atoms with E-state index in [1.54, 1.807) is 17.5 Å². The van der Waals surface area contributed by atoms with Crippen molar-refractivity contribution in [1.82, 2.24) is 25.0 Å². The summed E-state index contributed by atoms with van der Waals surface area (Å²) < 4.78 is 13.3. The summed E-state index contributed by atoms with van der Waals surface area (Å²) in [6.07, 6.45) is 1.73. The maximum Gasteiger partial charge on any atom is 0.252 e. The van der Waals surface area contributed by atoms with Gasteiger partial charge in [0, 0.05) is 23.0 Å². The highest BCUT2D eigenvalue weighted by Crippen LogP contribution is 2.35. The lowest BCUT2D eigenvalue weighted by Crippen LogP contribution is -2.34. The van der Waals surface area contributed by atoms with Crippen molar-refractivity contribution < 1.29 is 14.3 Å². The molecule has 1 aromatic carbocycles. The minimum atomic E-state index is -0.150. The van der Waals surface area contributed by atoms with Crippen LogP contribution in [-0.4, -0.2) is 59.4 Å². The van der Waals surface area contributed by atoms with Gasteiger partial charge in [0.1, 0.15) is 13.2 Å². The SMILES string of the molecule is CC(C)n1ncc2c(C(=O)NCC(c3cccs3)N(C)C)cc(-c3ccc4c(c3)OCCO4)nc21. The Kier molecular flexibility index (Phi) is 6.44. The summed E-state index contributed by atoms with van der Waals surface area (Å²) in [5.74, 6) is 1.25. The molecule has 0 saturated carbocycles. The minimum absolute atomic E-state index is 0.0898. The minimum Gasteiger partial charge on any atom is -0.486 e. The zero-order chi connectivity index (χ0) is 24.5. The van der Waals surface area contributed by atoms with E-state index < -0.39 is 0 Å². The number of fused-ring (bicyclic) bond motifs is 2. The smallest absolute Gasteiger partial charge is 0.252 e. The number of likely N-dealkylation sites (N-methyl/N-ethyl adjacent to an activating group) is 1. The van der Waals surface area contributed by atoms with Crippen molar-refractivity contribution in [2.45, 2.75) is 25.9 Å². The van der Waals surface area contributed by atoms with Crippen LogP contribution in [0.15, 0.2) is 48.0 Å². The molecule has 0 bridgehead atoms. The van der Waals surface area contributed by atoms with Crippen LogP contribution < -0.4 is 14.8 Å². The summed E-state index contributed by atoms with van der Waals surface area (Å²) in [5.41, 5.74) is 2.77. The molecule has 4 heterocycles. The molecule has 182 valence electrons. The zero-order valence-corrected chi connectivity index (χ0v) is 21.1. The first-order valence-electron chi connectivity index (χ1n) is 11.7. The summed E-state index contributed by atoms with van der Waals surface area (Å²) in [6, 6.07) is 11.9. The number of benzene rings is 1. The van der Waals surface area contributed by atoms with Gasteiger partial charge in [-0.1, -0.05) is 6.07 Å². The molecule has 5 rings (SSSR count). The fourth-order valence-electron chi connectivity index (χ4n) is 4.24. The maximum absolute atomic E-state index is 13.5. The molecule has 0 fully saturated rings. The number of aromatic nitrogens is 3. The molecule has 1 aliphatic rings. The molecule has 3 aromatic heterocycles. The predicted molar refractivity (Wildman–Crippen MR) is 137 cm³/mol. The molecule has 1 N–H and O–H groups in total. The molecular formula is C26H29N5O3S. The highest BCUT2D eigenvalue weighted by molar-refractivity contribution is 7.10. The second-order valence-corrected chi connectivity index (χ2v) is 10.0. The van der Waals surface area contributed by atoms with Gasteiger partial charge in [-0.25, -0.2) is 9.67 Å². The van der Waals surface area contributed by atoms with Gasteiger partial charge in [0.2, 0.25) is 0 Å². The van der Waals surface area contributed by atoms with Gasteiger partial charge >= 0.3 is 0 Å². The summed E-state index contributed by atoms with van der Waals surface area (Å²) in [6.45, 7) is 5.64. The standard InChI is InChI=1S/C26H29N5O3S/c1-16(2)31-25-19(14-28-31)18(26(32)27-15-21(30(3)4)24-6-5-11-35-24)13-20(29-25)17-7-8-22-23(12-17)34-10-9-33-22/h5-8,11-14,16,21H,9-10,15H2,1-4H3,(H,27,32). The maximum atomic E-state index is 13.5. The molecule has 0 aliphatic carbocycles.